The van der Waals surface area contributed by atoms with Gasteiger partial charge in [-0.05, 0) is 23.8 Å². The zero-order chi connectivity index (χ0) is 13.1. The van der Waals surface area contributed by atoms with Crippen molar-refractivity contribution in [3.8, 4) is 0 Å². The topological polar surface area (TPSA) is 20.2 Å². The molecule has 0 bridgehead atoms. The zero-order valence-electron chi connectivity index (χ0n) is 9.41. The number of aliphatic hydroxyl groups excluding tert-OH is 1. The lowest BCUT2D eigenvalue weighted by molar-refractivity contribution is 0.172. The minimum Gasteiger partial charge on any atom is -0.388 e. The Kier molecular flexibility index (Phi) is 3.94. The average Bonchev–Trinajstić information content (AvgIpc) is 2.33. The van der Waals surface area contributed by atoms with Gasteiger partial charge >= 0.3 is 0 Å². The fourth-order valence-electron chi connectivity index (χ4n) is 1.75. The van der Waals surface area contributed by atoms with E-state index in [1.54, 1.807) is 6.07 Å². The maximum atomic E-state index is 13.5. The molecule has 0 aliphatic rings. The molecule has 1 nitrogen and oxygen atoms in total. The zero-order valence-corrected chi connectivity index (χ0v) is 10.2. The van der Waals surface area contributed by atoms with Gasteiger partial charge in [-0.3, -0.25) is 0 Å². The van der Waals surface area contributed by atoms with Gasteiger partial charge in [0.15, 0.2) is 0 Å². The molecule has 0 aromatic heterocycles. The van der Waals surface area contributed by atoms with Gasteiger partial charge in [0.05, 0.1) is 6.10 Å². The van der Waals surface area contributed by atoms with E-state index in [4.69, 9.17) is 11.6 Å². The smallest absolute Gasteiger partial charge is 0.129 e. The van der Waals surface area contributed by atoms with Crippen molar-refractivity contribution in [2.45, 2.75) is 12.5 Å². The Hall–Kier alpha value is -1.45. The Morgan fingerprint density at radius 1 is 1.06 bits per heavy atom. The minimum atomic E-state index is -1.08. The molecule has 0 aliphatic carbocycles. The summed E-state index contributed by atoms with van der Waals surface area (Å²) < 4.78 is 27.0. The van der Waals surface area contributed by atoms with Crippen LogP contribution >= 0.6 is 11.6 Å². The van der Waals surface area contributed by atoms with Gasteiger partial charge in [-0.15, -0.1) is 0 Å². The Labute approximate surface area is 109 Å². The molecular weight excluding hydrogens is 258 g/mol. The number of hydrogen-bond acceptors (Lipinski definition) is 1. The highest BCUT2D eigenvalue weighted by Crippen LogP contribution is 2.23. The van der Waals surface area contributed by atoms with Crippen LogP contribution in [0.15, 0.2) is 42.5 Å². The van der Waals surface area contributed by atoms with Gasteiger partial charge in [-0.1, -0.05) is 35.9 Å². The van der Waals surface area contributed by atoms with Crippen molar-refractivity contribution >= 4 is 11.6 Å². The molecule has 1 N–H and O–H groups in total. The Morgan fingerprint density at radius 2 is 1.78 bits per heavy atom. The third-order valence-corrected chi connectivity index (χ3v) is 2.93. The minimum absolute atomic E-state index is 0.00390. The van der Waals surface area contributed by atoms with Crippen molar-refractivity contribution < 1.29 is 13.9 Å². The summed E-state index contributed by atoms with van der Waals surface area (Å²) in [7, 11) is 0. The Balaban J connectivity index is 2.21. The van der Waals surface area contributed by atoms with Gasteiger partial charge in [0.25, 0.3) is 0 Å². The Morgan fingerprint density at radius 3 is 2.44 bits per heavy atom. The lowest BCUT2D eigenvalue weighted by atomic mass is 10.0. The van der Waals surface area contributed by atoms with Crippen LogP contribution in [-0.4, -0.2) is 5.11 Å². The molecule has 1 atom stereocenters. The van der Waals surface area contributed by atoms with E-state index in [9.17, 15) is 13.9 Å². The molecule has 94 valence electrons. The second-order valence-corrected chi connectivity index (χ2v) is 4.41. The highest BCUT2D eigenvalue weighted by molar-refractivity contribution is 6.30. The van der Waals surface area contributed by atoms with Crippen LogP contribution in [0, 0.1) is 11.6 Å². The molecule has 18 heavy (non-hydrogen) atoms. The quantitative estimate of drug-likeness (QED) is 0.895. The van der Waals surface area contributed by atoms with Crippen molar-refractivity contribution in [2.75, 3.05) is 0 Å². The summed E-state index contributed by atoms with van der Waals surface area (Å²) in [5.41, 5.74) is 0.460. The molecular formula is C14H11ClF2O. The monoisotopic (exact) mass is 268 g/mol. The van der Waals surface area contributed by atoms with Crippen LogP contribution in [0.1, 0.15) is 17.2 Å². The average molecular weight is 269 g/mol. The number of hydrogen-bond donors (Lipinski definition) is 1. The fraction of sp³-hybridized carbons (Fsp3) is 0.143. The first-order chi connectivity index (χ1) is 8.58. The fourth-order valence-corrected chi connectivity index (χ4v) is 1.91. The highest BCUT2D eigenvalue weighted by Gasteiger charge is 2.15. The van der Waals surface area contributed by atoms with Crippen LogP contribution in [0.3, 0.4) is 0 Å². The van der Waals surface area contributed by atoms with Crippen LogP contribution in [0.25, 0.3) is 0 Å². The molecule has 0 radical (unpaired) electrons. The van der Waals surface area contributed by atoms with Crippen molar-refractivity contribution in [3.05, 3.63) is 70.2 Å². The predicted molar refractivity (Wildman–Crippen MR) is 66.5 cm³/mol. The van der Waals surface area contributed by atoms with E-state index >= 15 is 0 Å². The summed E-state index contributed by atoms with van der Waals surface area (Å²) in [6.07, 6.45) is -1.08. The van der Waals surface area contributed by atoms with E-state index in [1.807, 2.05) is 0 Å². The molecule has 0 fully saturated rings. The van der Waals surface area contributed by atoms with Gasteiger partial charge in [-0.2, -0.15) is 0 Å². The molecule has 0 spiro atoms. The molecule has 0 amide bonds. The van der Waals surface area contributed by atoms with Crippen LogP contribution < -0.4 is 0 Å². The van der Waals surface area contributed by atoms with E-state index in [1.165, 1.54) is 36.4 Å². The van der Waals surface area contributed by atoms with E-state index in [2.05, 4.69) is 0 Å². The summed E-state index contributed by atoms with van der Waals surface area (Å²) in [5.74, 6) is -1.00. The molecule has 0 heterocycles. The predicted octanol–water partition coefficient (Wildman–Crippen LogP) is 3.89. The number of rotatable bonds is 3. The lowest BCUT2D eigenvalue weighted by Crippen LogP contribution is -2.05. The van der Waals surface area contributed by atoms with Crippen LogP contribution in [-0.2, 0) is 6.42 Å². The number of aliphatic hydroxyl groups is 1. The Bertz CT molecular complexity index is 557. The van der Waals surface area contributed by atoms with Crippen molar-refractivity contribution in [1.82, 2.24) is 0 Å². The normalized spacial score (nSPS) is 12.4. The summed E-state index contributed by atoms with van der Waals surface area (Å²) in [6, 6.07) is 10.1. The molecule has 4 heteroatoms. The summed E-state index contributed by atoms with van der Waals surface area (Å²) in [6.45, 7) is 0. The van der Waals surface area contributed by atoms with Crippen LogP contribution in [0.2, 0.25) is 5.02 Å². The molecule has 1 unspecified atom stereocenters. The van der Waals surface area contributed by atoms with Gasteiger partial charge in [0, 0.05) is 17.0 Å². The maximum Gasteiger partial charge on any atom is 0.129 e. The highest BCUT2D eigenvalue weighted by atomic mass is 35.5. The second-order valence-electron chi connectivity index (χ2n) is 3.98. The summed E-state index contributed by atoms with van der Waals surface area (Å²) >= 11 is 5.63. The number of halogens is 3. The van der Waals surface area contributed by atoms with Gasteiger partial charge in [0.2, 0.25) is 0 Å². The molecule has 2 aromatic rings. The van der Waals surface area contributed by atoms with Crippen molar-refractivity contribution in [2.24, 2.45) is 0 Å². The van der Waals surface area contributed by atoms with Gasteiger partial charge in [0.1, 0.15) is 11.6 Å². The first kappa shape index (κ1) is 13.0. The van der Waals surface area contributed by atoms with Crippen LogP contribution in [0.5, 0.6) is 0 Å². The van der Waals surface area contributed by atoms with Crippen molar-refractivity contribution in [3.63, 3.8) is 0 Å². The molecule has 0 aliphatic heterocycles. The summed E-state index contributed by atoms with van der Waals surface area (Å²) in [4.78, 5) is 0. The van der Waals surface area contributed by atoms with E-state index < -0.39 is 17.7 Å². The molecule has 2 rings (SSSR count). The molecule has 2 aromatic carbocycles. The third-order valence-electron chi connectivity index (χ3n) is 2.69. The van der Waals surface area contributed by atoms with E-state index in [0.29, 0.717) is 5.56 Å². The lowest BCUT2D eigenvalue weighted by Gasteiger charge is -2.12. The molecule has 0 saturated heterocycles. The van der Waals surface area contributed by atoms with Gasteiger partial charge in [-0.25, -0.2) is 8.78 Å². The molecule has 0 saturated carbocycles. The SMILES string of the molecule is OC(Cc1ccc(Cl)cc1F)c1ccccc1F. The van der Waals surface area contributed by atoms with Crippen LogP contribution in [0.4, 0.5) is 8.78 Å². The standard InChI is InChI=1S/C14H11ClF2O/c15-10-6-5-9(13(17)8-10)7-14(18)11-3-1-2-4-12(11)16/h1-6,8,14,18H,7H2. The largest absolute Gasteiger partial charge is 0.388 e. The summed E-state index contributed by atoms with van der Waals surface area (Å²) in [5, 5.41) is 10.2. The second kappa shape index (κ2) is 5.46. The van der Waals surface area contributed by atoms with E-state index in [0.717, 1.165) is 0 Å². The first-order valence-electron chi connectivity index (χ1n) is 5.44. The maximum absolute atomic E-state index is 13.5. The first-order valence-corrected chi connectivity index (χ1v) is 5.82. The number of benzene rings is 2. The van der Waals surface area contributed by atoms with E-state index in [-0.39, 0.29) is 17.0 Å². The van der Waals surface area contributed by atoms with Crippen molar-refractivity contribution in [1.29, 1.82) is 0 Å². The third kappa shape index (κ3) is 2.86. The van der Waals surface area contributed by atoms with Gasteiger partial charge < -0.3 is 5.11 Å².